The van der Waals surface area contributed by atoms with E-state index in [0.717, 1.165) is 0 Å². The van der Waals surface area contributed by atoms with Gasteiger partial charge in [0.15, 0.2) is 5.60 Å². The van der Waals surface area contributed by atoms with Crippen molar-refractivity contribution in [2.45, 2.75) is 19.1 Å². The lowest BCUT2D eigenvalue weighted by Crippen LogP contribution is -2.57. The van der Waals surface area contributed by atoms with Gasteiger partial charge in [-0.05, 0) is 25.1 Å². The van der Waals surface area contributed by atoms with Crippen LogP contribution in [0.15, 0.2) is 40.8 Å². The average molecular weight is 372 g/mol. The highest BCUT2D eigenvalue weighted by atomic mass is 16.5. The van der Waals surface area contributed by atoms with Gasteiger partial charge < -0.3 is 19.2 Å². The third-order valence-corrected chi connectivity index (χ3v) is 4.68. The number of rotatable bonds is 5. The van der Waals surface area contributed by atoms with Gasteiger partial charge in [0.25, 0.3) is 5.91 Å². The quantitative estimate of drug-likeness (QED) is 0.867. The predicted octanol–water partition coefficient (Wildman–Crippen LogP) is 2.32. The Bertz CT molecular complexity index is 844. The van der Waals surface area contributed by atoms with E-state index >= 15 is 0 Å². The van der Waals surface area contributed by atoms with Gasteiger partial charge in [-0.2, -0.15) is 0 Å². The van der Waals surface area contributed by atoms with E-state index in [9.17, 15) is 14.7 Å². The van der Waals surface area contributed by atoms with Crippen LogP contribution in [-0.2, 0) is 16.1 Å². The van der Waals surface area contributed by atoms with Gasteiger partial charge in [0.1, 0.15) is 11.5 Å². The van der Waals surface area contributed by atoms with E-state index in [1.165, 1.54) is 4.90 Å². The minimum absolute atomic E-state index is 0.0669. The zero-order valence-electron chi connectivity index (χ0n) is 15.8. The van der Waals surface area contributed by atoms with E-state index in [1.54, 1.807) is 51.4 Å². The fourth-order valence-electron chi connectivity index (χ4n) is 3.40. The van der Waals surface area contributed by atoms with Crippen LogP contribution >= 0.6 is 0 Å². The maximum atomic E-state index is 12.4. The molecule has 1 saturated heterocycles. The van der Waals surface area contributed by atoms with Crippen LogP contribution in [0.2, 0.25) is 0 Å². The smallest absolute Gasteiger partial charge is 0.336 e. The van der Waals surface area contributed by atoms with Gasteiger partial charge in [0.05, 0.1) is 18.7 Å². The lowest BCUT2D eigenvalue weighted by atomic mass is 10.0. The highest BCUT2D eigenvalue weighted by molar-refractivity contribution is 5.95. The molecule has 3 rings (SSSR count). The minimum atomic E-state index is -0.991. The van der Waals surface area contributed by atoms with Crippen LogP contribution < -0.4 is 0 Å². The first-order valence-electron chi connectivity index (χ1n) is 8.79. The first kappa shape index (κ1) is 19.1. The zero-order valence-corrected chi connectivity index (χ0v) is 15.8. The Morgan fingerprint density at radius 3 is 2.67 bits per heavy atom. The molecule has 0 saturated carbocycles. The molecule has 1 N–H and O–H groups in total. The van der Waals surface area contributed by atoms with Crippen LogP contribution in [0.25, 0.3) is 11.3 Å². The molecule has 1 aromatic heterocycles. The number of furan rings is 1. The number of carbonyl (C=O) groups excluding carboxylic acids is 1. The zero-order chi connectivity index (χ0) is 19.6. The maximum absolute atomic E-state index is 12.4. The van der Waals surface area contributed by atoms with Crippen molar-refractivity contribution < 1.29 is 23.8 Å². The number of likely N-dealkylation sites (N-methyl/N-ethyl adjacent to an activating group) is 1. The Morgan fingerprint density at radius 1 is 1.22 bits per heavy atom. The third kappa shape index (κ3) is 4.04. The predicted molar refractivity (Wildman–Crippen MR) is 99.4 cm³/mol. The Labute approximate surface area is 158 Å². The fraction of sp³-hybridized carbons (Fsp3) is 0.400. The molecule has 0 bridgehead atoms. The Kier molecular flexibility index (Phi) is 5.34. The van der Waals surface area contributed by atoms with Crippen LogP contribution in [0.5, 0.6) is 0 Å². The number of hydrogen-bond donors (Lipinski definition) is 1. The molecule has 1 aliphatic rings. The molecule has 1 fully saturated rings. The van der Waals surface area contributed by atoms with Gasteiger partial charge >= 0.3 is 5.97 Å². The highest BCUT2D eigenvalue weighted by Gasteiger charge is 2.40. The highest BCUT2D eigenvalue weighted by Crippen LogP contribution is 2.27. The molecule has 2 aromatic rings. The summed E-state index contributed by atoms with van der Waals surface area (Å²) in [6.45, 7) is 3.95. The molecular formula is C20H24N2O5. The van der Waals surface area contributed by atoms with Crippen LogP contribution in [0.3, 0.4) is 0 Å². The Morgan fingerprint density at radius 2 is 1.96 bits per heavy atom. The summed E-state index contributed by atoms with van der Waals surface area (Å²) in [6.07, 6.45) is 0. The second-order valence-corrected chi connectivity index (χ2v) is 7.11. The van der Waals surface area contributed by atoms with Crippen LogP contribution in [0.1, 0.15) is 23.0 Å². The molecule has 0 aliphatic carbocycles. The number of benzene rings is 1. The number of hydrogen-bond acceptors (Lipinski definition) is 5. The summed E-state index contributed by atoms with van der Waals surface area (Å²) >= 11 is 0. The van der Waals surface area contributed by atoms with Gasteiger partial charge in [-0.3, -0.25) is 9.69 Å². The topological polar surface area (TPSA) is 83.2 Å². The summed E-state index contributed by atoms with van der Waals surface area (Å²) in [5.41, 5.74) is -0.132. The molecule has 1 aliphatic heterocycles. The lowest BCUT2D eigenvalue weighted by molar-refractivity contribution is -0.165. The molecule has 2 heterocycles. The standard InChI is InChI=1S/C20H24N2O5/c1-20(19(25)21(2)3)13-22(10-11-26-20)12-14-8-9-17(27-14)15-6-4-5-7-16(15)18(23)24/h4-9H,10-13H2,1-3H3,(H,23,24)/t20-/m1/s1. The number of carboxylic acids is 1. The molecule has 0 radical (unpaired) electrons. The molecular weight excluding hydrogens is 348 g/mol. The summed E-state index contributed by atoms with van der Waals surface area (Å²) in [5, 5.41) is 9.35. The molecule has 0 spiro atoms. The van der Waals surface area contributed by atoms with E-state index in [-0.39, 0.29) is 11.5 Å². The summed E-state index contributed by atoms with van der Waals surface area (Å²) in [4.78, 5) is 27.5. The number of carbonyl (C=O) groups is 2. The van der Waals surface area contributed by atoms with Crippen molar-refractivity contribution >= 4 is 11.9 Å². The number of nitrogens with zero attached hydrogens (tertiary/aromatic N) is 2. The van der Waals surface area contributed by atoms with Crippen molar-refractivity contribution in [3.63, 3.8) is 0 Å². The third-order valence-electron chi connectivity index (χ3n) is 4.68. The summed E-state index contributed by atoms with van der Waals surface area (Å²) < 4.78 is 11.6. The number of amides is 1. The number of ether oxygens (including phenoxy) is 1. The Hall–Kier alpha value is -2.64. The SMILES string of the molecule is CN(C)C(=O)[C@@]1(C)CN(Cc2ccc(-c3ccccc3C(=O)O)o2)CCO1. The monoisotopic (exact) mass is 372 g/mol. The van der Waals surface area contributed by atoms with Crippen molar-refractivity contribution in [1.29, 1.82) is 0 Å². The van der Waals surface area contributed by atoms with Crippen LogP contribution in [-0.4, -0.2) is 66.2 Å². The van der Waals surface area contributed by atoms with E-state index in [4.69, 9.17) is 9.15 Å². The van der Waals surface area contributed by atoms with Gasteiger partial charge in [-0.15, -0.1) is 0 Å². The molecule has 1 atom stereocenters. The normalized spacial score (nSPS) is 20.4. The minimum Gasteiger partial charge on any atom is -0.478 e. The van der Waals surface area contributed by atoms with E-state index in [1.807, 2.05) is 6.07 Å². The van der Waals surface area contributed by atoms with E-state index in [0.29, 0.717) is 43.3 Å². The van der Waals surface area contributed by atoms with Crippen LogP contribution in [0, 0.1) is 0 Å². The van der Waals surface area contributed by atoms with Gasteiger partial charge in [0.2, 0.25) is 0 Å². The number of morpholine rings is 1. The molecule has 7 nitrogen and oxygen atoms in total. The van der Waals surface area contributed by atoms with E-state index in [2.05, 4.69) is 4.90 Å². The number of aromatic carboxylic acids is 1. The van der Waals surface area contributed by atoms with E-state index < -0.39 is 11.6 Å². The number of carboxylic acid groups (broad SMARTS) is 1. The van der Waals surface area contributed by atoms with Crippen molar-refractivity contribution in [2.24, 2.45) is 0 Å². The van der Waals surface area contributed by atoms with Crippen molar-refractivity contribution in [3.05, 3.63) is 47.7 Å². The molecule has 0 unspecified atom stereocenters. The maximum Gasteiger partial charge on any atom is 0.336 e. The van der Waals surface area contributed by atoms with Crippen molar-refractivity contribution in [3.8, 4) is 11.3 Å². The first-order valence-corrected chi connectivity index (χ1v) is 8.79. The summed E-state index contributed by atoms with van der Waals surface area (Å²) in [6, 6.07) is 10.4. The molecule has 144 valence electrons. The molecule has 7 heteroatoms. The fourth-order valence-corrected chi connectivity index (χ4v) is 3.40. The van der Waals surface area contributed by atoms with Gasteiger partial charge in [-0.1, -0.05) is 18.2 Å². The first-order chi connectivity index (χ1) is 12.8. The van der Waals surface area contributed by atoms with Crippen molar-refractivity contribution in [1.82, 2.24) is 9.80 Å². The van der Waals surface area contributed by atoms with Gasteiger partial charge in [-0.25, -0.2) is 4.79 Å². The summed E-state index contributed by atoms with van der Waals surface area (Å²) in [7, 11) is 3.43. The molecule has 1 aromatic carbocycles. The van der Waals surface area contributed by atoms with Crippen molar-refractivity contribution in [2.75, 3.05) is 33.8 Å². The average Bonchev–Trinajstić information content (AvgIpc) is 3.09. The summed E-state index contributed by atoms with van der Waals surface area (Å²) in [5.74, 6) is 0.174. The molecule has 27 heavy (non-hydrogen) atoms. The second-order valence-electron chi connectivity index (χ2n) is 7.11. The second kappa shape index (κ2) is 7.54. The largest absolute Gasteiger partial charge is 0.478 e. The Balaban J connectivity index is 1.75. The van der Waals surface area contributed by atoms with Gasteiger partial charge in [0, 0.05) is 32.7 Å². The lowest BCUT2D eigenvalue weighted by Gasteiger charge is -2.40. The van der Waals surface area contributed by atoms with Crippen LogP contribution in [0.4, 0.5) is 0 Å². The molecule has 1 amide bonds.